The maximum Gasteiger partial charge on any atom is 0.164 e. The van der Waals surface area contributed by atoms with E-state index in [1.165, 1.54) is 12.1 Å². The minimum absolute atomic E-state index is 0.0134. The van der Waals surface area contributed by atoms with Gasteiger partial charge in [0.05, 0.1) is 5.54 Å². The molecule has 2 atom stereocenters. The van der Waals surface area contributed by atoms with E-state index in [0.717, 1.165) is 0 Å². The zero-order chi connectivity index (χ0) is 11.6. The molecule has 3 N–H and O–H groups in total. The molecule has 0 saturated heterocycles. The molecule has 15 heavy (non-hydrogen) atoms. The summed E-state index contributed by atoms with van der Waals surface area (Å²) in [5.74, 6) is 0. The van der Waals surface area contributed by atoms with Crippen LogP contribution in [-0.4, -0.2) is 10.7 Å². The predicted octanol–water partition coefficient (Wildman–Crippen LogP) is -0.0973. The second-order valence-corrected chi connectivity index (χ2v) is 4.46. The molecule has 0 saturated carbocycles. The first-order valence-electron chi connectivity index (χ1n) is 4.70. The monoisotopic (exact) mass is 212 g/mol. The summed E-state index contributed by atoms with van der Waals surface area (Å²) in [4.78, 5) is 0. The van der Waals surface area contributed by atoms with Crippen LogP contribution in [0.25, 0.3) is 0 Å². The molecule has 0 radical (unpaired) electrons. The topological polar surface area (TPSA) is 75.2 Å². The SMILES string of the molecule is CC(C)(C)[NH+]([O-])c1ccc([NH+]([O-])O)cc1. The van der Waals surface area contributed by atoms with E-state index in [2.05, 4.69) is 0 Å². The Hall–Kier alpha value is -0.980. The van der Waals surface area contributed by atoms with Crippen LogP contribution in [0.2, 0.25) is 0 Å². The van der Waals surface area contributed by atoms with Gasteiger partial charge in [0.2, 0.25) is 0 Å². The third-order valence-corrected chi connectivity index (χ3v) is 2.08. The van der Waals surface area contributed by atoms with E-state index in [0.29, 0.717) is 5.69 Å². The van der Waals surface area contributed by atoms with Gasteiger partial charge in [0.25, 0.3) is 0 Å². The normalized spacial score (nSPS) is 16.1. The number of nitrogens with one attached hydrogen (secondary N) is 2. The standard InChI is InChI=1S/C10H16N2O3/c1-10(2,3)11(13)8-4-6-9(7-5-8)12(14)15/h4-7,11-12,14H,1-3H3. The fourth-order valence-electron chi connectivity index (χ4n) is 1.20. The van der Waals surface area contributed by atoms with Crippen LogP contribution in [0.5, 0.6) is 0 Å². The molecular weight excluding hydrogens is 196 g/mol. The van der Waals surface area contributed by atoms with Crippen LogP contribution in [0.4, 0.5) is 11.4 Å². The van der Waals surface area contributed by atoms with Gasteiger partial charge in [0.1, 0.15) is 5.69 Å². The number of hydrogen-bond acceptors (Lipinski definition) is 3. The van der Waals surface area contributed by atoms with E-state index in [-0.39, 0.29) is 10.8 Å². The van der Waals surface area contributed by atoms with Gasteiger partial charge in [0.15, 0.2) is 5.69 Å². The second-order valence-electron chi connectivity index (χ2n) is 4.46. The van der Waals surface area contributed by atoms with E-state index in [9.17, 15) is 10.4 Å². The lowest BCUT2D eigenvalue weighted by Crippen LogP contribution is -3.10. The van der Waals surface area contributed by atoms with Crippen molar-refractivity contribution in [2.24, 2.45) is 0 Å². The quantitative estimate of drug-likeness (QED) is 0.599. The summed E-state index contributed by atoms with van der Waals surface area (Å²) in [5.41, 5.74) is 0.304. The van der Waals surface area contributed by atoms with Gasteiger partial charge >= 0.3 is 0 Å². The molecular formula is C10H16N2O3. The third kappa shape index (κ3) is 2.98. The predicted molar refractivity (Wildman–Crippen MR) is 56.0 cm³/mol. The number of hydroxylamine groups is 1. The van der Waals surface area contributed by atoms with Crippen molar-refractivity contribution in [1.82, 2.24) is 0 Å². The smallest absolute Gasteiger partial charge is 0.164 e. The van der Waals surface area contributed by atoms with Gasteiger partial charge in [-0.05, 0) is 20.8 Å². The van der Waals surface area contributed by atoms with Gasteiger partial charge < -0.3 is 15.5 Å². The molecule has 0 bridgehead atoms. The molecule has 1 rings (SSSR count). The molecule has 0 aliphatic rings. The van der Waals surface area contributed by atoms with E-state index < -0.39 is 10.8 Å². The van der Waals surface area contributed by atoms with Crippen molar-refractivity contribution in [2.45, 2.75) is 26.3 Å². The summed E-state index contributed by atoms with van der Waals surface area (Å²) >= 11 is 0. The highest BCUT2D eigenvalue weighted by Gasteiger charge is 2.20. The molecule has 0 aliphatic heterocycles. The van der Waals surface area contributed by atoms with E-state index in [1.54, 1.807) is 12.1 Å². The van der Waals surface area contributed by atoms with Crippen molar-refractivity contribution in [3.63, 3.8) is 0 Å². The molecule has 1 aromatic rings. The van der Waals surface area contributed by atoms with Crippen LogP contribution in [0.15, 0.2) is 24.3 Å². The summed E-state index contributed by atoms with van der Waals surface area (Å²) in [6.07, 6.45) is 0. The number of rotatable bonds is 2. The molecule has 0 amide bonds. The Bertz CT molecular complexity index is 316. The average molecular weight is 212 g/mol. The Kier molecular flexibility index (Phi) is 3.43. The molecule has 5 nitrogen and oxygen atoms in total. The summed E-state index contributed by atoms with van der Waals surface area (Å²) in [6, 6.07) is 6.00. The fraction of sp³-hybridized carbons (Fsp3) is 0.400. The number of quaternary nitrogens is 2. The summed E-state index contributed by atoms with van der Waals surface area (Å²) in [7, 11) is 0. The molecule has 0 aromatic heterocycles. The van der Waals surface area contributed by atoms with Crippen LogP contribution >= 0.6 is 0 Å². The lowest BCUT2D eigenvalue weighted by molar-refractivity contribution is -0.991. The number of hydrogen-bond donors (Lipinski definition) is 3. The minimum Gasteiger partial charge on any atom is -0.628 e. The first-order valence-corrected chi connectivity index (χ1v) is 4.70. The minimum atomic E-state index is -0.982. The van der Waals surface area contributed by atoms with Gasteiger partial charge in [-0.25, -0.2) is 5.21 Å². The van der Waals surface area contributed by atoms with Gasteiger partial charge in [-0.1, -0.05) is 0 Å². The first-order chi connectivity index (χ1) is 6.82. The first kappa shape index (κ1) is 12.1. The summed E-state index contributed by atoms with van der Waals surface area (Å²) in [6.45, 7) is 5.50. The fourth-order valence-corrected chi connectivity index (χ4v) is 1.20. The molecule has 5 heteroatoms. The number of benzene rings is 1. The highest BCUT2D eigenvalue weighted by Crippen LogP contribution is 2.08. The van der Waals surface area contributed by atoms with Crippen molar-refractivity contribution in [2.75, 3.05) is 0 Å². The van der Waals surface area contributed by atoms with E-state index in [4.69, 9.17) is 5.21 Å². The largest absolute Gasteiger partial charge is 0.628 e. The van der Waals surface area contributed by atoms with Crippen molar-refractivity contribution in [1.29, 1.82) is 0 Å². The van der Waals surface area contributed by atoms with Crippen LogP contribution in [0, 0.1) is 10.4 Å². The molecule has 0 aliphatic carbocycles. The van der Waals surface area contributed by atoms with Gasteiger partial charge in [-0.2, -0.15) is 5.23 Å². The Morgan fingerprint density at radius 1 is 1.00 bits per heavy atom. The highest BCUT2D eigenvalue weighted by atomic mass is 16.8. The van der Waals surface area contributed by atoms with Crippen molar-refractivity contribution in [3.8, 4) is 0 Å². The molecule has 0 fully saturated rings. The zero-order valence-corrected chi connectivity index (χ0v) is 9.07. The summed E-state index contributed by atoms with van der Waals surface area (Å²) in [5, 5.41) is 30.1. The van der Waals surface area contributed by atoms with Gasteiger partial charge in [0, 0.05) is 24.3 Å². The molecule has 2 unspecified atom stereocenters. The molecule has 0 heterocycles. The second kappa shape index (κ2) is 4.26. The highest BCUT2D eigenvalue weighted by molar-refractivity contribution is 5.39. The zero-order valence-electron chi connectivity index (χ0n) is 9.07. The van der Waals surface area contributed by atoms with Crippen LogP contribution in [0.1, 0.15) is 20.8 Å². The Labute approximate surface area is 88.7 Å². The van der Waals surface area contributed by atoms with Crippen molar-refractivity contribution < 1.29 is 15.5 Å². The Balaban J connectivity index is 2.89. The average Bonchev–Trinajstić information content (AvgIpc) is 2.15. The van der Waals surface area contributed by atoms with Crippen molar-refractivity contribution >= 4 is 11.4 Å². The molecule has 84 valence electrons. The maximum atomic E-state index is 11.8. The third-order valence-electron chi connectivity index (χ3n) is 2.08. The Morgan fingerprint density at radius 3 is 1.73 bits per heavy atom. The van der Waals surface area contributed by atoms with Gasteiger partial charge in [-0.3, -0.25) is 0 Å². The molecule has 0 spiro atoms. The van der Waals surface area contributed by atoms with E-state index >= 15 is 0 Å². The summed E-state index contributed by atoms with van der Waals surface area (Å²) < 4.78 is 0. The van der Waals surface area contributed by atoms with Crippen LogP contribution in [-0.2, 0) is 0 Å². The van der Waals surface area contributed by atoms with Crippen molar-refractivity contribution in [3.05, 3.63) is 34.7 Å². The Morgan fingerprint density at radius 2 is 1.40 bits per heavy atom. The van der Waals surface area contributed by atoms with Crippen LogP contribution in [0.3, 0.4) is 0 Å². The lowest BCUT2D eigenvalue weighted by atomic mass is 10.1. The maximum absolute atomic E-state index is 11.8. The lowest BCUT2D eigenvalue weighted by Gasteiger charge is -2.34. The molecule has 1 aromatic carbocycles. The van der Waals surface area contributed by atoms with Crippen LogP contribution < -0.4 is 10.3 Å². The van der Waals surface area contributed by atoms with Gasteiger partial charge in [-0.15, -0.1) is 0 Å². The van der Waals surface area contributed by atoms with E-state index in [1.807, 2.05) is 20.8 Å².